The van der Waals surface area contributed by atoms with Gasteiger partial charge in [-0.25, -0.2) is 14.5 Å². The lowest BCUT2D eigenvalue weighted by Gasteiger charge is -2.04. The van der Waals surface area contributed by atoms with Crippen molar-refractivity contribution in [3.05, 3.63) is 60.2 Å². The van der Waals surface area contributed by atoms with Gasteiger partial charge in [0, 0.05) is 0 Å². The Hall–Kier alpha value is -3.68. The van der Waals surface area contributed by atoms with E-state index in [0.717, 1.165) is 16.7 Å². The largest absolute Gasteiger partial charge is 0.486 e. The molecule has 4 heterocycles. The van der Waals surface area contributed by atoms with Crippen LogP contribution in [0.1, 0.15) is 11.3 Å². The monoisotopic (exact) mass is 346 g/mol. The van der Waals surface area contributed by atoms with Crippen LogP contribution in [0.5, 0.6) is 5.75 Å². The van der Waals surface area contributed by atoms with Gasteiger partial charge in [0.1, 0.15) is 24.4 Å². The van der Waals surface area contributed by atoms with Crippen molar-refractivity contribution in [1.29, 1.82) is 0 Å². The predicted octanol–water partition coefficient (Wildman–Crippen LogP) is 3.15. The van der Waals surface area contributed by atoms with Crippen LogP contribution in [0.4, 0.5) is 0 Å². The summed E-state index contributed by atoms with van der Waals surface area (Å²) >= 11 is 0. The number of hydrogen-bond acceptors (Lipinski definition) is 6. The third-order valence-corrected chi connectivity index (χ3v) is 4.04. The number of ether oxygens (including phenoxy) is 1. The van der Waals surface area contributed by atoms with Gasteiger partial charge in [-0.3, -0.25) is 5.10 Å². The highest BCUT2D eigenvalue weighted by atomic mass is 16.5. The van der Waals surface area contributed by atoms with Crippen LogP contribution in [0.25, 0.3) is 28.3 Å². The molecule has 0 bridgehead atoms. The van der Waals surface area contributed by atoms with Crippen LogP contribution >= 0.6 is 0 Å². The van der Waals surface area contributed by atoms with E-state index >= 15 is 0 Å². The summed E-state index contributed by atoms with van der Waals surface area (Å²) in [6.07, 6.45) is 3.27. The topological polar surface area (TPSA) is 94.1 Å². The minimum absolute atomic E-state index is 0.338. The first-order chi connectivity index (χ1) is 12.8. The molecule has 5 rings (SSSR count). The first-order valence-corrected chi connectivity index (χ1v) is 8.09. The standard InChI is InChI=1S/C18H14N6O2/c1-11-3-2-4-12(7-11)25-9-13-5-6-15(26-13)17-21-18-14-8-20-22-16(14)19-10-24(18)23-17/h2-8,10H,9H2,1H3,(H,20,22). The number of hydrogen-bond donors (Lipinski definition) is 1. The number of benzene rings is 1. The van der Waals surface area contributed by atoms with E-state index in [1.807, 2.05) is 43.3 Å². The molecule has 1 N–H and O–H groups in total. The molecule has 0 aliphatic carbocycles. The fourth-order valence-corrected chi connectivity index (χ4v) is 2.78. The Kier molecular flexibility index (Phi) is 3.21. The second kappa shape index (κ2) is 5.69. The number of aryl methyl sites for hydroxylation is 1. The van der Waals surface area contributed by atoms with Crippen LogP contribution in [-0.4, -0.2) is 29.8 Å². The predicted molar refractivity (Wildman–Crippen MR) is 93.6 cm³/mol. The lowest BCUT2D eigenvalue weighted by atomic mass is 10.2. The smallest absolute Gasteiger partial charge is 0.217 e. The fraction of sp³-hybridized carbons (Fsp3) is 0.111. The molecule has 5 aromatic rings. The molecule has 1 aromatic carbocycles. The van der Waals surface area contributed by atoms with Crippen molar-refractivity contribution in [3.63, 3.8) is 0 Å². The van der Waals surface area contributed by atoms with Gasteiger partial charge in [0.25, 0.3) is 0 Å². The molecule has 0 radical (unpaired) electrons. The molecule has 0 saturated heterocycles. The molecular formula is C18H14N6O2. The Morgan fingerprint density at radius 2 is 2.19 bits per heavy atom. The maximum absolute atomic E-state index is 5.84. The number of rotatable bonds is 4. The Labute approximate surface area is 147 Å². The Bertz CT molecular complexity index is 1220. The summed E-state index contributed by atoms with van der Waals surface area (Å²) in [7, 11) is 0. The van der Waals surface area contributed by atoms with Gasteiger partial charge in [-0.15, -0.1) is 5.10 Å². The number of fused-ring (bicyclic) bond motifs is 3. The third-order valence-electron chi connectivity index (χ3n) is 4.04. The fourth-order valence-electron chi connectivity index (χ4n) is 2.78. The first kappa shape index (κ1) is 14.6. The van der Waals surface area contributed by atoms with Gasteiger partial charge in [-0.05, 0) is 36.8 Å². The zero-order valence-electron chi connectivity index (χ0n) is 13.9. The van der Waals surface area contributed by atoms with Crippen LogP contribution in [-0.2, 0) is 6.61 Å². The highest BCUT2D eigenvalue weighted by Crippen LogP contribution is 2.23. The van der Waals surface area contributed by atoms with Gasteiger partial charge < -0.3 is 9.15 Å². The van der Waals surface area contributed by atoms with Crippen molar-refractivity contribution in [3.8, 4) is 17.3 Å². The number of H-pyrrole nitrogens is 1. The summed E-state index contributed by atoms with van der Waals surface area (Å²) in [6.45, 7) is 2.36. The van der Waals surface area contributed by atoms with E-state index in [4.69, 9.17) is 9.15 Å². The number of nitrogens with zero attached hydrogens (tertiary/aromatic N) is 5. The third kappa shape index (κ3) is 2.48. The van der Waals surface area contributed by atoms with Gasteiger partial charge >= 0.3 is 0 Å². The molecule has 8 nitrogen and oxygen atoms in total. The maximum Gasteiger partial charge on any atom is 0.217 e. The summed E-state index contributed by atoms with van der Waals surface area (Å²) in [4.78, 5) is 8.79. The average Bonchev–Trinajstić information content (AvgIpc) is 3.37. The normalized spacial score (nSPS) is 11.4. The van der Waals surface area contributed by atoms with Gasteiger partial charge in [-0.1, -0.05) is 12.1 Å². The van der Waals surface area contributed by atoms with E-state index in [2.05, 4.69) is 25.3 Å². The second-order valence-corrected chi connectivity index (χ2v) is 5.95. The van der Waals surface area contributed by atoms with Crippen molar-refractivity contribution in [2.45, 2.75) is 13.5 Å². The van der Waals surface area contributed by atoms with E-state index in [1.165, 1.54) is 0 Å². The molecule has 0 aliphatic rings. The quantitative estimate of drug-likeness (QED) is 0.537. The van der Waals surface area contributed by atoms with Crippen LogP contribution < -0.4 is 4.74 Å². The van der Waals surface area contributed by atoms with E-state index in [0.29, 0.717) is 35.2 Å². The maximum atomic E-state index is 5.84. The number of nitrogens with one attached hydrogen (secondary N) is 1. The van der Waals surface area contributed by atoms with Crippen molar-refractivity contribution >= 4 is 16.7 Å². The van der Waals surface area contributed by atoms with Gasteiger partial charge in [0.05, 0.1) is 11.6 Å². The number of aromatic amines is 1. The first-order valence-electron chi connectivity index (χ1n) is 8.09. The van der Waals surface area contributed by atoms with E-state index in [1.54, 1.807) is 17.0 Å². The molecule has 0 fully saturated rings. The zero-order chi connectivity index (χ0) is 17.5. The summed E-state index contributed by atoms with van der Waals surface area (Å²) in [5.41, 5.74) is 2.49. The molecule has 0 atom stereocenters. The summed E-state index contributed by atoms with van der Waals surface area (Å²) in [6, 6.07) is 11.6. The Morgan fingerprint density at radius 3 is 3.12 bits per heavy atom. The second-order valence-electron chi connectivity index (χ2n) is 5.95. The lowest BCUT2D eigenvalue weighted by Crippen LogP contribution is -1.93. The number of aromatic nitrogens is 6. The molecule has 8 heteroatoms. The molecule has 26 heavy (non-hydrogen) atoms. The van der Waals surface area contributed by atoms with Gasteiger partial charge in [0.15, 0.2) is 17.1 Å². The zero-order valence-corrected chi connectivity index (χ0v) is 13.9. The van der Waals surface area contributed by atoms with Crippen LogP contribution in [0.3, 0.4) is 0 Å². The molecule has 0 saturated carbocycles. The van der Waals surface area contributed by atoms with Crippen LogP contribution in [0.15, 0.2) is 53.3 Å². The molecule has 0 aliphatic heterocycles. The summed E-state index contributed by atoms with van der Waals surface area (Å²) in [5, 5.41) is 12.0. The van der Waals surface area contributed by atoms with Crippen molar-refractivity contribution < 1.29 is 9.15 Å². The van der Waals surface area contributed by atoms with E-state index in [9.17, 15) is 0 Å². The minimum Gasteiger partial charge on any atom is -0.486 e. The summed E-state index contributed by atoms with van der Waals surface area (Å²) in [5.74, 6) is 2.57. The van der Waals surface area contributed by atoms with Crippen LogP contribution in [0, 0.1) is 6.92 Å². The average molecular weight is 346 g/mol. The van der Waals surface area contributed by atoms with Crippen LogP contribution in [0.2, 0.25) is 0 Å². The van der Waals surface area contributed by atoms with Gasteiger partial charge in [0.2, 0.25) is 5.82 Å². The molecule has 0 spiro atoms. The van der Waals surface area contributed by atoms with Gasteiger partial charge in [-0.2, -0.15) is 5.10 Å². The van der Waals surface area contributed by atoms with E-state index < -0.39 is 0 Å². The molecular weight excluding hydrogens is 332 g/mol. The molecule has 0 amide bonds. The SMILES string of the molecule is Cc1cccc(OCc2ccc(-c3nc4c5cn[nH]c5ncn4n3)o2)c1. The summed E-state index contributed by atoms with van der Waals surface area (Å²) < 4.78 is 13.2. The minimum atomic E-state index is 0.338. The molecule has 0 unspecified atom stereocenters. The Balaban J connectivity index is 1.41. The van der Waals surface area contributed by atoms with Crippen molar-refractivity contribution in [1.82, 2.24) is 29.8 Å². The molecule has 4 aromatic heterocycles. The van der Waals surface area contributed by atoms with E-state index in [-0.39, 0.29) is 0 Å². The highest BCUT2D eigenvalue weighted by Gasteiger charge is 2.14. The Morgan fingerprint density at radius 1 is 1.23 bits per heavy atom. The highest BCUT2D eigenvalue weighted by molar-refractivity contribution is 5.88. The molecule has 128 valence electrons. The lowest BCUT2D eigenvalue weighted by molar-refractivity contribution is 0.271. The number of furan rings is 1. The van der Waals surface area contributed by atoms with Crippen molar-refractivity contribution in [2.24, 2.45) is 0 Å². The van der Waals surface area contributed by atoms with Crippen molar-refractivity contribution in [2.75, 3.05) is 0 Å².